The second-order valence-electron chi connectivity index (χ2n) is 7.00. The molecule has 0 bridgehead atoms. The number of para-hydroxylation sites is 2. The second kappa shape index (κ2) is 6.83. The topological polar surface area (TPSA) is 66.6 Å². The number of piperidine rings is 1. The fourth-order valence-electron chi connectivity index (χ4n) is 4.04. The first kappa shape index (κ1) is 16.6. The summed E-state index contributed by atoms with van der Waals surface area (Å²) < 4.78 is 0. The van der Waals surface area contributed by atoms with E-state index in [1.165, 1.54) is 5.56 Å². The van der Waals surface area contributed by atoms with E-state index < -0.39 is 0 Å². The van der Waals surface area contributed by atoms with Gasteiger partial charge in [-0.05, 0) is 43.0 Å². The molecule has 5 nitrogen and oxygen atoms in total. The Morgan fingerprint density at radius 2 is 1.65 bits per heavy atom. The number of hydrogen-bond donors (Lipinski definition) is 1. The number of nitrogen functional groups attached to an aromatic ring is 1. The fourth-order valence-corrected chi connectivity index (χ4v) is 4.04. The van der Waals surface area contributed by atoms with E-state index >= 15 is 0 Å². The Morgan fingerprint density at radius 3 is 2.42 bits per heavy atom. The van der Waals surface area contributed by atoms with E-state index in [2.05, 4.69) is 6.07 Å². The largest absolute Gasteiger partial charge is 0.398 e. The standard InChI is InChI=1S/C21H23N3O2/c22-18-7-3-2-6-17(18)21(26)23-13-11-16(12-14-23)24-19-8-4-1-5-15(19)9-10-20(24)25/h1-8,16H,9-14,22H2. The number of rotatable bonds is 2. The number of carbonyl (C=O) groups excluding carboxylic acids is 2. The molecular formula is C21H23N3O2. The molecule has 134 valence electrons. The highest BCUT2D eigenvalue weighted by Gasteiger charge is 2.33. The van der Waals surface area contributed by atoms with Gasteiger partial charge in [0, 0.05) is 36.9 Å². The third kappa shape index (κ3) is 2.94. The molecule has 2 aliphatic heterocycles. The van der Waals surface area contributed by atoms with Gasteiger partial charge in [-0.3, -0.25) is 9.59 Å². The fraction of sp³-hybridized carbons (Fsp3) is 0.333. The van der Waals surface area contributed by atoms with Crippen LogP contribution in [0.15, 0.2) is 48.5 Å². The number of carbonyl (C=O) groups is 2. The molecule has 2 N–H and O–H groups in total. The zero-order valence-corrected chi connectivity index (χ0v) is 14.7. The first-order valence-corrected chi connectivity index (χ1v) is 9.19. The number of anilines is 2. The summed E-state index contributed by atoms with van der Waals surface area (Å²) >= 11 is 0. The van der Waals surface area contributed by atoms with Gasteiger partial charge in [-0.15, -0.1) is 0 Å². The smallest absolute Gasteiger partial charge is 0.255 e. The molecule has 0 atom stereocenters. The maximum atomic E-state index is 12.7. The monoisotopic (exact) mass is 349 g/mol. The predicted molar refractivity (Wildman–Crippen MR) is 102 cm³/mol. The molecule has 2 aromatic carbocycles. The van der Waals surface area contributed by atoms with Crippen LogP contribution in [0.2, 0.25) is 0 Å². The maximum absolute atomic E-state index is 12.7. The Kier molecular flexibility index (Phi) is 4.37. The van der Waals surface area contributed by atoms with Gasteiger partial charge in [0.05, 0.1) is 5.56 Å². The van der Waals surface area contributed by atoms with Crippen molar-refractivity contribution in [1.82, 2.24) is 4.90 Å². The van der Waals surface area contributed by atoms with Crippen molar-refractivity contribution in [2.24, 2.45) is 0 Å². The molecule has 1 saturated heterocycles. The molecule has 0 radical (unpaired) electrons. The molecule has 0 unspecified atom stereocenters. The van der Waals surface area contributed by atoms with Crippen LogP contribution in [-0.2, 0) is 11.2 Å². The molecule has 2 aromatic rings. The van der Waals surface area contributed by atoms with Crippen molar-refractivity contribution in [3.63, 3.8) is 0 Å². The summed E-state index contributed by atoms with van der Waals surface area (Å²) in [6.07, 6.45) is 2.96. The molecule has 26 heavy (non-hydrogen) atoms. The Balaban J connectivity index is 1.48. The highest BCUT2D eigenvalue weighted by atomic mass is 16.2. The van der Waals surface area contributed by atoms with E-state index in [-0.39, 0.29) is 17.9 Å². The van der Waals surface area contributed by atoms with Crippen molar-refractivity contribution in [3.8, 4) is 0 Å². The lowest BCUT2D eigenvalue weighted by Crippen LogP contribution is -2.50. The normalized spacial score (nSPS) is 17.9. The molecule has 2 heterocycles. The van der Waals surface area contributed by atoms with E-state index in [0.717, 1.165) is 24.9 Å². The van der Waals surface area contributed by atoms with Crippen LogP contribution in [0.4, 0.5) is 11.4 Å². The van der Waals surface area contributed by atoms with E-state index in [4.69, 9.17) is 5.73 Å². The number of nitrogens with two attached hydrogens (primary N) is 1. The summed E-state index contributed by atoms with van der Waals surface area (Å²) in [7, 11) is 0. The van der Waals surface area contributed by atoms with E-state index in [1.54, 1.807) is 12.1 Å². The zero-order valence-electron chi connectivity index (χ0n) is 14.7. The van der Waals surface area contributed by atoms with Crippen LogP contribution in [0.5, 0.6) is 0 Å². The van der Waals surface area contributed by atoms with Crippen molar-refractivity contribution >= 4 is 23.2 Å². The predicted octanol–water partition coefficient (Wildman–Crippen LogP) is 2.85. The van der Waals surface area contributed by atoms with E-state index in [1.807, 2.05) is 40.1 Å². The number of amides is 2. The minimum Gasteiger partial charge on any atom is -0.398 e. The molecule has 2 aliphatic rings. The molecule has 0 spiro atoms. The van der Waals surface area contributed by atoms with Crippen LogP contribution in [0.3, 0.4) is 0 Å². The molecule has 5 heteroatoms. The first-order chi connectivity index (χ1) is 12.6. The summed E-state index contributed by atoms with van der Waals surface area (Å²) in [6.45, 7) is 1.29. The summed E-state index contributed by atoms with van der Waals surface area (Å²) in [5.41, 5.74) is 9.30. The van der Waals surface area contributed by atoms with Crippen molar-refractivity contribution in [2.75, 3.05) is 23.7 Å². The van der Waals surface area contributed by atoms with Crippen molar-refractivity contribution in [3.05, 3.63) is 59.7 Å². The Labute approximate surface area is 153 Å². The van der Waals surface area contributed by atoms with Gasteiger partial charge in [0.2, 0.25) is 5.91 Å². The van der Waals surface area contributed by atoms with Crippen molar-refractivity contribution < 1.29 is 9.59 Å². The first-order valence-electron chi connectivity index (χ1n) is 9.19. The van der Waals surface area contributed by atoms with Gasteiger partial charge in [-0.1, -0.05) is 30.3 Å². The van der Waals surface area contributed by atoms with E-state index in [9.17, 15) is 9.59 Å². The Hall–Kier alpha value is -2.82. The molecular weight excluding hydrogens is 326 g/mol. The second-order valence-corrected chi connectivity index (χ2v) is 7.00. The van der Waals surface area contributed by atoms with Crippen molar-refractivity contribution in [1.29, 1.82) is 0 Å². The molecule has 0 saturated carbocycles. The summed E-state index contributed by atoms with van der Waals surface area (Å²) in [6, 6.07) is 15.5. The van der Waals surface area contributed by atoms with Gasteiger partial charge >= 0.3 is 0 Å². The SMILES string of the molecule is Nc1ccccc1C(=O)N1CCC(N2C(=O)CCc3ccccc32)CC1. The van der Waals surface area contributed by atoms with Crippen LogP contribution in [0.1, 0.15) is 35.2 Å². The number of hydrogen-bond acceptors (Lipinski definition) is 3. The number of benzene rings is 2. The average Bonchev–Trinajstić information content (AvgIpc) is 2.68. The summed E-state index contributed by atoms with van der Waals surface area (Å²) in [4.78, 5) is 29.1. The van der Waals surface area contributed by atoms with Crippen LogP contribution < -0.4 is 10.6 Å². The zero-order chi connectivity index (χ0) is 18.1. The van der Waals surface area contributed by atoms with E-state index in [0.29, 0.717) is 30.8 Å². The number of fused-ring (bicyclic) bond motifs is 1. The lowest BCUT2D eigenvalue weighted by atomic mass is 9.95. The van der Waals surface area contributed by atoms with Gasteiger partial charge in [0.15, 0.2) is 0 Å². The molecule has 0 aliphatic carbocycles. The average molecular weight is 349 g/mol. The van der Waals surface area contributed by atoms with Crippen LogP contribution in [0.25, 0.3) is 0 Å². The van der Waals surface area contributed by atoms with Gasteiger partial charge in [-0.25, -0.2) is 0 Å². The molecule has 0 aromatic heterocycles. The Morgan fingerprint density at radius 1 is 0.962 bits per heavy atom. The highest BCUT2D eigenvalue weighted by molar-refractivity contribution is 5.99. The third-order valence-corrected chi connectivity index (χ3v) is 5.44. The molecule has 2 amide bonds. The minimum absolute atomic E-state index is 0.0214. The minimum atomic E-state index is -0.0214. The summed E-state index contributed by atoms with van der Waals surface area (Å²) in [5, 5.41) is 0. The van der Waals surface area contributed by atoms with Crippen molar-refractivity contribution in [2.45, 2.75) is 31.7 Å². The lowest BCUT2D eigenvalue weighted by molar-refractivity contribution is -0.119. The van der Waals surface area contributed by atoms with Gasteiger partial charge in [0.25, 0.3) is 5.91 Å². The quantitative estimate of drug-likeness (QED) is 0.848. The van der Waals surface area contributed by atoms with Crippen LogP contribution in [-0.4, -0.2) is 35.8 Å². The van der Waals surface area contributed by atoms with Crippen LogP contribution >= 0.6 is 0 Å². The molecule has 1 fully saturated rings. The van der Waals surface area contributed by atoms with Gasteiger partial charge < -0.3 is 15.5 Å². The number of aryl methyl sites for hydroxylation is 1. The van der Waals surface area contributed by atoms with Gasteiger partial charge in [0.1, 0.15) is 0 Å². The lowest BCUT2D eigenvalue weighted by Gasteiger charge is -2.41. The number of likely N-dealkylation sites (tertiary alicyclic amines) is 1. The third-order valence-electron chi connectivity index (χ3n) is 5.44. The summed E-state index contributed by atoms with van der Waals surface area (Å²) in [5.74, 6) is 0.174. The maximum Gasteiger partial charge on any atom is 0.255 e. The molecule has 4 rings (SSSR count). The number of nitrogens with zero attached hydrogens (tertiary/aromatic N) is 2. The van der Waals surface area contributed by atoms with Crippen LogP contribution in [0, 0.1) is 0 Å². The van der Waals surface area contributed by atoms with Gasteiger partial charge in [-0.2, -0.15) is 0 Å². The highest BCUT2D eigenvalue weighted by Crippen LogP contribution is 2.32. The Bertz CT molecular complexity index is 841.